The van der Waals surface area contributed by atoms with Crippen molar-refractivity contribution in [2.24, 2.45) is 0 Å². The summed E-state index contributed by atoms with van der Waals surface area (Å²) in [7, 11) is 0. The van der Waals surface area contributed by atoms with Crippen LogP contribution in [0.3, 0.4) is 0 Å². The minimum Gasteiger partial charge on any atom is -0.207 e. The van der Waals surface area contributed by atoms with Crippen LogP contribution in [0.25, 0.3) is 11.1 Å². The molecule has 0 unspecified atom stereocenters. The Morgan fingerprint density at radius 2 is 1.44 bits per heavy atom. The van der Waals surface area contributed by atoms with Crippen LogP contribution in [0.4, 0.5) is 4.39 Å². The van der Waals surface area contributed by atoms with Gasteiger partial charge in [-0.25, -0.2) is 4.39 Å². The predicted molar refractivity (Wildman–Crippen MR) is 66.0 cm³/mol. The first-order valence-electron chi connectivity index (χ1n) is 5.42. The molecule has 0 saturated carbocycles. The molecule has 0 radical (unpaired) electrons. The van der Waals surface area contributed by atoms with E-state index in [0.717, 1.165) is 22.3 Å². The van der Waals surface area contributed by atoms with E-state index in [1.54, 1.807) is 6.07 Å². The summed E-state index contributed by atoms with van der Waals surface area (Å²) >= 11 is 0. The Morgan fingerprint density at radius 3 is 2.00 bits per heavy atom. The Labute approximate surface area is 95.7 Å². The Bertz CT molecular complexity index is 486. The van der Waals surface area contributed by atoms with E-state index >= 15 is 0 Å². The van der Waals surface area contributed by atoms with Crippen LogP contribution in [-0.2, 0) is 0 Å². The molecule has 0 heterocycles. The molecule has 0 spiro atoms. The van der Waals surface area contributed by atoms with Crippen molar-refractivity contribution in [1.29, 1.82) is 0 Å². The molecule has 82 valence electrons. The highest BCUT2D eigenvalue weighted by molar-refractivity contribution is 5.65. The minimum absolute atomic E-state index is 0.129. The minimum atomic E-state index is -0.129. The lowest BCUT2D eigenvalue weighted by Crippen LogP contribution is -1.89. The summed E-state index contributed by atoms with van der Waals surface area (Å²) in [6, 6.07) is 11.8. The van der Waals surface area contributed by atoms with Crippen molar-refractivity contribution in [3.05, 3.63) is 58.9 Å². The lowest BCUT2D eigenvalue weighted by atomic mass is 9.99. The van der Waals surface area contributed by atoms with Crippen molar-refractivity contribution in [2.45, 2.75) is 20.8 Å². The maximum Gasteiger partial charge on any atom is 0.126 e. The van der Waals surface area contributed by atoms with Crippen molar-refractivity contribution < 1.29 is 4.39 Å². The van der Waals surface area contributed by atoms with Gasteiger partial charge < -0.3 is 0 Å². The highest BCUT2D eigenvalue weighted by atomic mass is 19.1. The lowest BCUT2D eigenvalue weighted by Gasteiger charge is -2.07. The summed E-state index contributed by atoms with van der Waals surface area (Å²) in [5.41, 5.74) is 4.95. The third kappa shape index (κ3) is 1.99. The van der Waals surface area contributed by atoms with Crippen LogP contribution in [0.15, 0.2) is 36.4 Å². The molecule has 2 rings (SSSR count). The van der Waals surface area contributed by atoms with Crippen LogP contribution in [-0.4, -0.2) is 0 Å². The van der Waals surface area contributed by atoms with Gasteiger partial charge in [0.05, 0.1) is 0 Å². The highest BCUT2D eigenvalue weighted by Gasteiger charge is 2.05. The molecule has 0 aliphatic rings. The smallest absolute Gasteiger partial charge is 0.126 e. The molecule has 0 saturated heterocycles. The van der Waals surface area contributed by atoms with E-state index in [0.29, 0.717) is 0 Å². The highest BCUT2D eigenvalue weighted by Crippen LogP contribution is 2.24. The van der Waals surface area contributed by atoms with Gasteiger partial charge in [0.25, 0.3) is 0 Å². The van der Waals surface area contributed by atoms with Gasteiger partial charge in [0.15, 0.2) is 0 Å². The van der Waals surface area contributed by atoms with Gasteiger partial charge in [-0.1, -0.05) is 35.9 Å². The molecule has 0 fully saturated rings. The molecular formula is C15H15F. The van der Waals surface area contributed by atoms with Crippen LogP contribution >= 0.6 is 0 Å². The summed E-state index contributed by atoms with van der Waals surface area (Å²) in [5, 5.41) is 0. The topological polar surface area (TPSA) is 0 Å². The molecule has 0 atom stereocenters. The number of aryl methyl sites for hydroxylation is 2. The van der Waals surface area contributed by atoms with Crippen LogP contribution < -0.4 is 0 Å². The fraction of sp³-hybridized carbons (Fsp3) is 0.200. The van der Waals surface area contributed by atoms with Crippen LogP contribution in [0.5, 0.6) is 0 Å². The number of benzene rings is 2. The van der Waals surface area contributed by atoms with Gasteiger partial charge >= 0.3 is 0 Å². The molecule has 16 heavy (non-hydrogen) atoms. The molecule has 0 aliphatic carbocycles. The molecule has 2 aromatic rings. The number of hydrogen-bond donors (Lipinski definition) is 0. The van der Waals surface area contributed by atoms with Crippen LogP contribution in [0, 0.1) is 26.6 Å². The summed E-state index contributed by atoms with van der Waals surface area (Å²) in [6.07, 6.45) is 0. The van der Waals surface area contributed by atoms with E-state index in [9.17, 15) is 4.39 Å². The molecule has 0 bridgehead atoms. The molecule has 2 aromatic carbocycles. The second-order valence-electron chi connectivity index (χ2n) is 4.27. The van der Waals surface area contributed by atoms with E-state index in [-0.39, 0.29) is 5.82 Å². The zero-order valence-electron chi connectivity index (χ0n) is 9.84. The van der Waals surface area contributed by atoms with Gasteiger partial charge in [-0.05, 0) is 49.1 Å². The molecular weight excluding hydrogens is 199 g/mol. The maximum absolute atomic E-state index is 13.6. The second-order valence-corrected chi connectivity index (χ2v) is 4.27. The van der Waals surface area contributed by atoms with Gasteiger partial charge in [-0.2, -0.15) is 0 Å². The van der Waals surface area contributed by atoms with E-state index in [1.807, 2.05) is 51.1 Å². The van der Waals surface area contributed by atoms with Crippen LogP contribution in [0.2, 0.25) is 0 Å². The van der Waals surface area contributed by atoms with Gasteiger partial charge in [-0.15, -0.1) is 0 Å². The Kier molecular flexibility index (Phi) is 2.78. The predicted octanol–water partition coefficient (Wildman–Crippen LogP) is 4.42. The first-order valence-corrected chi connectivity index (χ1v) is 5.42. The number of halogens is 1. The van der Waals surface area contributed by atoms with Crippen molar-refractivity contribution in [3.63, 3.8) is 0 Å². The van der Waals surface area contributed by atoms with Crippen molar-refractivity contribution >= 4 is 0 Å². The zero-order chi connectivity index (χ0) is 11.7. The first-order chi connectivity index (χ1) is 7.58. The Balaban J connectivity index is 2.52. The lowest BCUT2D eigenvalue weighted by molar-refractivity contribution is 0.617. The molecule has 0 nitrogen and oxygen atoms in total. The summed E-state index contributed by atoms with van der Waals surface area (Å²) in [5.74, 6) is -0.129. The quantitative estimate of drug-likeness (QED) is 0.659. The Morgan fingerprint density at radius 1 is 0.812 bits per heavy atom. The zero-order valence-corrected chi connectivity index (χ0v) is 9.84. The van der Waals surface area contributed by atoms with E-state index in [1.165, 1.54) is 5.56 Å². The van der Waals surface area contributed by atoms with E-state index in [4.69, 9.17) is 0 Å². The fourth-order valence-corrected chi connectivity index (χ4v) is 1.73. The normalized spacial score (nSPS) is 10.5. The number of rotatable bonds is 1. The maximum atomic E-state index is 13.6. The fourth-order valence-electron chi connectivity index (χ4n) is 1.73. The molecule has 0 N–H and O–H groups in total. The van der Waals surface area contributed by atoms with Crippen molar-refractivity contribution in [3.8, 4) is 11.1 Å². The standard InChI is InChI=1S/C15H15F/c1-10-4-6-13(7-5-10)14-8-11(2)12(3)15(16)9-14/h4-9H,1-3H3. The first kappa shape index (κ1) is 10.9. The average Bonchev–Trinajstić information content (AvgIpc) is 2.26. The third-order valence-electron chi connectivity index (χ3n) is 2.99. The average molecular weight is 214 g/mol. The van der Waals surface area contributed by atoms with Gasteiger partial charge in [0.1, 0.15) is 5.82 Å². The van der Waals surface area contributed by atoms with Crippen molar-refractivity contribution in [2.75, 3.05) is 0 Å². The monoisotopic (exact) mass is 214 g/mol. The number of hydrogen-bond acceptors (Lipinski definition) is 0. The third-order valence-corrected chi connectivity index (χ3v) is 2.99. The summed E-state index contributed by atoms with van der Waals surface area (Å²) in [4.78, 5) is 0. The van der Waals surface area contributed by atoms with E-state index < -0.39 is 0 Å². The van der Waals surface area contributed by atoms with E-state index in [2.05, 4.69) is 0 Å². The summed E-state index contributed by atoms with van der Waals surface area (Å²) in [6.45, 7) is 5.80. The largest absolute Gasteiger partial charge is 0.207 e. The molecule has 1 heteroatoms. The SMILES string of the molecule is Cc1ccc(-c2cc(C)c(C)c(F)c2)cc1. The van der Waals surface area contributed by atoms with Crippen LogP contribution in [0.1, 0.15) is 16.7 Å². The Hall–Kier alpha value is -1.63. The van der Waals surface area contributed by atoms with Gasteiger partial charge in [-0.3, -0.25) is 0 Å². The van der Waals surface area contributed by atoms with Gasteiger partial charge in [0, 0.05) is 0 Å². The summed E-state index contributed by atoms with van der Waals surface area (Å²) < 4.78 is 13.6. The second kappa shape index (κ2) is 4.09. The molecule has 0 aromatic heterocycles. The van der Waals surface area contributed by atoms with Crippen molar-refractivity contribution in [1.82, 2.24) is 0 Å². The molecule has 0 aliphatic heterocycles. The van der Waals surface area contributed by atoms with Gasteiger partial charge in [0.2, 0.25) is 0 Å². The molecule has 0 amide bonds.